The molecule has 1 aliphatic rings. The van der Waals surface area contributed by atoms with Gasteiger partial charge in [-0.25, -0.2) is 0 Å². The minimum atomic E-state index is -0.581. The Morgan fingerprint density at radius 1 is 1.21 bits per heavy atom. The van der Waals surface area contributed by atoms with Gasteiger partial charge in [0.2, 0.25) is 0 Å². The SMILES string of the molecule is OC1NC(=S)NC1Cc1ccccc1. The van der Waals surface area contributed by atoms with Crippen LogP contribution in [0.2, 0.25) is 0 Å². The molecule has 2 rings (SSSR count). The number of rotatable bonds is 2. The van der Waals surface area contributed by atoms with E-state index in [1.165, 1.54) is 5.56 Å². The van der Waals surface area contributed by atoms with E-state index >= 15 is 0 Å². The molecule has 3 N–H and O–H groups in total. The summed E-state index contributed by atoms with van der Waals surface area (Å²) in [6, 6.07) is 10.0. The van der Waals surface area contributed by atoms with Gasteiger partial charge in [-0.1, -0.05) is 30.3 Å². The Balaban J connectivity index is 2.02. The Bertz CT molecular complexity index is 328. The fraction of sp³-hybridized carbons (Fsp3) is 0.300. The average molecular weight is 208 g/mol. The highest BCUT2D eigenvalue weighted by molar-refractivity contribution is 7.80. The van der Waals surface area contributed by atoms with Crippen LogP contribution in [0.4, 0.5) is 0 Å². The fourth-order valence-corrected chi connectivity index (χ4v) is 1.83. The molecule has 1 heterocycles. The van der Waals surface area contributed by atoms with E-state index in [2.05, 4.69) is 10.6 Å². The van der Waals surface area contributed by atoms with E-state index in [1.54, 1.807) is 0 Å². The van der Waals surface area contributed by atoms with Crippen LogP contribution in [0.3, 0.4) is 0 Å². The van der Waals surface area contributed by atoms with Crippen molar-refractivity contribution < 1.29 is 5.11 Å². The van der Waals surface area contributed by atoms with Crippen molar-refractivity contribution >= 4 is 17.3 Å². The highest BCUT2D eigenvalue weighted by atomic mass is 32.1. The maximum atomic E-state index is 9.56. The Morgan fingerprint density at radius 3 is 2.50 bits per heavy atom. The summed E-state index contributed by atoms with van der Waals surface area (Å²) in [5, 5.41) is 15.9. The molecule has 0 spiro atoms. The van der Waals surface area contributed by atoms with Gasteiger partial charge in [-0.2, -0.15) is 0 Å². The molecular formula is C10H12N2OS. The van der Waals surface area contributed by atoms with Gasteiger partial charge in [-0.05, 0) is 24.2 Å². The van der Waals surface area contributed by atoms with Gasteiger partial charge in [0, 0.05) is 0 Å². The van der Waals surface area contributed by atoms with E-state index in [-0.39, 0.29) is 6.04 Å². The molecule has 0 aromatic heterocycles. The molecule has 1 aromatic rings. The lowest BCUT2D eigenvalue weighted by atomic mass is 10.1. The molecule has 74 valence electrons. The zero-order valence-corrected chi connectivity index (χ0v) is 8.42. The fourth-order valence-electron chi connectivity index (χ4n) is 1.55. The number of benzene rings is 1. The summed E-state index contributed by atoms with van der Waals surface area (Å²) in [5.41, 5.74) is 1.19. The molecular weight excluding hydrogens is 196 g/mol. The number of aliphatic hydroxyl groups is 1. The third-order valence-corrected chi connectivity index (χ3v) is 2.51. The highest BCUT2D eigenvalue weighted by Crippen LogP contribution is 2.08. The van der Waals surface area contributed by atoms with Crippen LogP contribution in [-0.4, -0.2) is 22.5 Å². The molecule has 2 unspecified atom stereocenters. The van der Waals surface area contributed by atoms with Crippen molar-refractivity contribution in [2.75, 3.05) is 0 Å². The van der Waals surface area contributed by atoms with Crippen molar-refractivity contribution in [2.24, 2.45) is 0 Å². The van der Waals surface area contributed by atoms with Crippen LogP contribution in [0.25, 0.3) is 0 Å². The highest BCUT2D eigenvalue weighted by Gasteiger charge is 2.26. The first kappa shape index (κ1) is 9.43. The second kappa shape index (κ2) is 3.94. The number of thiocarbonyl (C=S) groups is 1. The van der Waals surface area contributed by atoms with Crippen LogP contribution >= 0.6 is 12.2 Å². The van der Waals surface area contributed by atoms with Crippen molar-refractivity contribution in [3.8, 4) is 0 Å². The Labute approximate surface area is 88.1 Å². The van der Waals surface area contributed by atoms with Gasteiger partial charge in [-0.15, -0.1) is 0 Å². The smallest absolute Gasteiger partial charge is 0.168 e. The second-order valence-electron chi connectivity index (χ2n) is 3.36. The van der Waals surface area contributed by atoms with E-state index in [9.17, 15) is 5.11 Å². The van der Waals surface area contributed by atoms with Gasteiger partial charge in [0.05, 0.1) is 6.04 Å². The normalized spacial score (nSPS) is 25.6. The summed E-state index contributed by atoms with van der Waals surface area (Å²) >= 11 is 4.91. The Kier molecular flexibility index (Phi) is 2.65. The number of hydrogen-bond donors (Lipinski definition) is 3. The average Bonchev–Trinajstić information content (AvgIpc) is 2.47. The molecule has 1 aromatic carbocycles. The molecule has 1 aliphatic heterocycles. The van der Waals surface area contributed by atoms with E-state index in [4.69, 9.17) is 12.2 Å². The summed E-state index contributed by atoms with van der Waals surface area (Å²) in [7, 11) is 0. The molecule has 4 heteroatoms. The predicted octanol–water partition coefficient (Wildman–Crippen LogP) is 0.394. The molecule has 0 saturated carbocycles. The zero-order valence-electron chi connectivity index (χ0n) is 7.60. The van der Waals surface area contributed by atoms with E-state index < -0.39 is 6.23 Å². The van der Waals surface area contributed by atoms with Gasteiger partial charge in [0.25, 0.3) is 0 Å². The topological polar surface area (TPSA) is 44.3 Å². The molecule has 0 amide bonds. The van der Waals surface area contributed by atoms with E-state index in [0.717, 1.165) is 6.42 Å². The van der Waals surface area contributed by atoms with Crippen molar-refractivity contribution in [3.63, 3.8) is 0 Å². The molecule has 1 saturated heterocycles. The van der Waals surface area contributed by atoms with Crippen LogP contribution < -0.4 is 10.6 Å². The lowest BCUT2D eigenvalue weighted by molar-refractivity contribution is 0.141. The van der Waals surface area contributed by atoms with Crippen molar-refractivity contribution in [1.82, 2.24) is 10.6 Å². The van der Waals surface area contributed by atoms with Crippen molar-refractivity contribution in [1.29, 1.82) is 0 Å². The van der Waals surface area contributed by atoms with Crippen molar-refractivity contribution in [3.05, 3.63) is 35.9 Å². The minimum absolute atomic E-state index is 0.0232. The maximum Gasteiger partial charge on any atom is 0.168 e. The predicted molar refractivity (Wildman–Crippen MR) is 58.8 cm³/mol. The largest absolute Gasteiger partial charge is 0.372 e. The number of nitrogens with one attached hydrogen (secondary N) is 2. The van der Waals surface area contributed by atoms with Gasteiger partial charge < -0.3 is 15.7 Å². The molecule has 3 nitrogen and oxygen atoms in total. The van der Waals surface area contributed by atoms with Crippen molar-refractivity contribution in [2.45, 2.75) is 18.7 Å². The quantitative estimate of drug-likeness (QED) is 0.615. The second-order valence-corrected chi connectivity index (χ2v) is 3.77. The third kappa shape index (κ3) is 2.02. The summed E-state index contributed by atoms with van der Waals surface area (Å²) < 4.78 is 0. The summed E-state index contributed by atoms with van der Waals surface area (Å²) in [4.78, 5) is 0. The van der Waals surface area contributed by atoms with Crippen LogP contribution in [0.1, 0.15) is 5.56 Å². The first-order valence-electron chi connectivity index (χ1n) is 4.55. The molecule has 1 fully saturated rings. The minimum Gasteiger partial charge on any atom is -0.372 e. The van der Waals surface area contributed by atoms with E-state index in [1.807, 2.05) is 30.3 Å². The summed E-state index contributed by atoms with van der Waals surface area (Å²) in [5.74, 6) is 0. The molecule has 0 aliphatic carbocycles. The zero-order chi connectivity index (χ0) is 9.97. The monoisotopic (exact) mass is 208 g/mol. The molecule has 0 bridgehead atoms. The lowest BCUT2D eigenvalue weighted by Crippen LogP contribution is -2.34. The summed E-state index contributed by atoms with van der Waals surface area (Å²) in [6.07, 6.45) is 0.192. The van der Waals surface area contributed by atoms with Gasteiger partial charge in [-0.3, -0.25) is 0 Å². The third-order valence-electron chi connectivity index (χ3n) is 2.28. The number of hydrogen-bond acceptors (Lipinski definition) is 2. The van der Waals surface area contributed by atoms with Crippen LogP contribution in [0, 0.1) is 0 Å². The maximum absolute atomic E-state index is 9.56. The first-order valence-corrected chi connectivity index (χ1v) is 4.95. The standard InChI is InChI=1S/C10H12N2OS/c13-9-8(11-10(14)12-9)6-7-4-2-1-3-5-7/h1-5,8-9,13H,6H2,(H2,11,12,14). The molecule has 14 heavy (non-hydrogen) atoms. The van der Waals surface area contributed by atoms with Gasteiger partial charge in [0.15, 0.2) is 5.11 Å². The van der Waals surface area contributed by atoms with Gasteiger partial charge >= 0.3 is 0 Å². The van der Waals surface area contributed by atoms with Gasteiger partial charge in [0.1, 0.15) is 6.23 Å². The van der Waals surface area contributed by atoms with Crippen LogP contribution in [0.15, 0.2) is 30.3 Å². The van der Waals surface area contributed by atoms with Crippen LogP contribution in [0.5, 0.6) is 0 Å². The number of aliphatic hydroxyl groups excluding tert-OH is 1. The Hall–Kier alpha value is -1.13. The van der Waals surface area contributed by atoms with E-state index in [0.29, 0.717) is 5.11 Å². The molecule has 2 atom stereocenters. The Morgan fingerprint density at radius 2 is 1.93 bits per heavy atom. The first-order chi connectivity index (χ1) is 6.75. The molecule has 0 radical (unpaired) electrons. The lowest BCUT2D eigenvalue weighted by Gasteiger charge is -2.13. The van der Waals surface area contributed by atoms with Crippen LogP contribution in [-0.2, 0) is 6.42 Å². The summed E-state index contributed by atoms with van der Waals surface area (Å²) in [6.45, 7) is 0.